The van der Waals surface area contributed by atoms with E-state index >= 15 is 0 Å². The molecule has 1 amide bonds. The summed E-state index contributed by atoms with van der Waals surface area (Å²) in [5, 5.41) is 9.67. The fourth-order valence-corrected chi connectivity index (χ4v) is 3.77. The van der Waals surface area contributed by atoms with Crippen molar-refractivity contribution in [3.63, 3.8) is 0 Å². The summed E-state index contributed by atoms with van der Waals surface area (Å²) in [5.41, 5.74) is 11.2. The van der Waals surface area contributed by atoms with E-state index in [-0.39, 0.29) is 30.4 Å². The molecule has 7 heteroatoms. The predicted molar refractivity (Wildman–Crippen MR) is 100 cm³/mol. The maximum absolute atomic E-state index is 12.7. The molecule has 5 atom stereocenters. The summed E-state index contributed by atoms with van der Waals surface area (Å²) in [6, 6.07) is 8.18. The quantitative estimate of drug-likeness (QED) is 0.520. The topological polar surface area (TPSA) is 100 Å². The highest BCUT2D eigenvalue weighted by atomic mass is 16.7. The monoisotopic (exact) mass is 361 g/mol. The maximum Gasteiger partial charge on any atom is 0.223 e. The molecule has 2 heterocycles. The van der Waals surface area contributed by atoms with Crippen LogP contribution in [0.5, 0.6) is 0 Å². The molecule has 2 saturated heterocycles. The first kappa shape index (κ1) is 19.3. The standard InChI is InChI=1S/C19H31N5O2/c1-3-4-15-11-21-17(20)9-16(15)19(25)22-10-13-5-7-14(8-6-13)18-23-12(2)26-24-18/h5-8,12,15-18,21,23-24H,3-4,9-11,20H2,1-2H3,(H,22,25). The Morgan fingerprint density at radius 3 is 2.77 bits per heavy atom. The van der Waals surface area contributed by atoms with Gasteiger partial charge in [0.2, 0.25) is 5.91 Å². The van der Waals surface area contributed by atoms with E-state index in [1.807, 2.05) is 31.2 Å². The van der Waals surface area contributed by atoms with Gasteiger partial charge in [-0.2, -0.15) is 5.48 Å². The second kappa shape index (κ2) is 8.92. The number of carbonyl (C=O) groups is 1. The number of benzene rings is 1. The number of nitrogens with two attached hydrogens (primary N) is 1. The lowest BCUT2D eigenvalue weighted by atomic mass is 9.81. The minimum Gasteiger partial charge on any atom is -0.352 e. The summed E-state index contributed by atoms with van der Waals surface area (Å²) in [6.45, 7) is 5.47. The smallest absolute Gasteiger partial charge is 0.223 e. The largest absolute Gasteiger partial charge is 0.352 e. The van der Waals surface area contributed by atoms with Crippen LogP contribution < -0.4 is 27.2 Å². The molecule has 1 aromatic carbocycles. The number of hydrogen-bond acceptors (Lipinski definition) is 6. The normalized spacial score (nSPS) is 31.7. The van der Waals surface area contributed by atoms with Crippen molar-refractivity contribution in [2.24, 2.45) is 17.6 Å². The van der Waals surface area contributed by atoms with Crippen molar-refractivity contribution in [2.45, 2.75) is 58.2 Å². The number of hydrogen-bond donors (Lipinski definition) is 5. The van der Waals surface area contributed by atoms with Crippen molar-refractivity contribution in [3.05, 3.63) is 35.4 Å². The third-order valence-electron chi connectivity index (χ3n) is 5.26. The highest BCUT2D eigenvalue weighted by molar-refractivity contribution is 5.79. The lowest BCUT2D eigenvalue weighted by Crippen LogP contribution is -2.52. The molecular weight excluding hydrogens is 330 g/mol. The number of rotatable bonds is 6. The Kier molecular flexibility index (Phi) is 6.61. The van der Waals surface area contributed by atoms with E-state index in [1.165, 1.54) is 0 Å². The van der Waals surface area contributed by atoms with E-state index < -0.39 is 0 Å². The predicted octanol–water partition coefficient (Wildman–Crippen LogP) is 1.08. The van der Waals surface area contributed by atoms with Crippen molar-refractivity contribution >= 4 is 5.91 Å². The number of amides is 1. The highest BCUT2D eigenvalue weighted by Crippen LogP contribution is 2.25. The van der Waals surface area contributed by atoms with Gasteiger partial charge >= 0.3 is 0 Å². The van der Waals surface area contributed by atoms with Gasteiger partial charge < -0.3 is 16.4 Å². The van der Waals surface area contributed by atoms with E-state index in [2.05, 4.69) is 28.4 Å². The zero-order valence-electron chi connectivity index (χ0n) is 15.6. The highest BCUT2D eigenvalue weighted by Gasteiger charge is 2.33. The summed E-state index contributed by atoms with van der Waals surface area (Å²) in [6.07, 6.45) is 2.74. The molecule has 0 aromatic heterocycles. The second-order valence-corrected chi connectivity index (χ2v) is 7.34. The van der Waals surface area contributed by atoms with Crippen molar-refractivity contribution in [2.75, 3.05) is 6.54 Å². The first-order valence-electron chi connectivity index (χ1n) is 9.59. The Bertz CT molecular complexity index is 594. The van der Waals surface area contributed by atoms with Gasteiger partial charge in [0.1, 0.15) is 12.4 Å². The average molecular weight is 361 g/mol. The van der Waals surface area contributed by atoms with Gasteiger partial charge in [0, 0.05) is 19.0 Å². The van der Waals surface area contributed by atoms with Crippen LogP contribution in [0.25, 0.3) is 0 Å². The van der Waals surface area contributed by atoms with Gasteiger partial charge in [-0.1, -0.05) is 37.6 Å². The molecule has 0 saturated carbocycles. The van der Waals surface area contributed by atoms with E-state index in [0.29, 0.717) is 18.9 Å². The van der Waals surface area contributed by atoms with Gasteiger partial charge in [-0.05, 0) is 36.8 Å². The van der Waals surface area contributed by atoms with Crippen LogP contribution in [0.1, 0.15) is 50.4 Å². The van der Waals surface area contributed by atoms with Crippen molar-refractivity contribution in [1.29, 1.82) is 0 Å². The van der Waals surface area contributed by atoms with E-state index in [4.69, 9.17) is 10.6 Å². The third kappa shape index (κ3) is 4.81. The molecule has 2 aliphatic heterocycles. The Hall–Kier alpha value is -1.51. The van der Waals surface area contributed by atoms with Crippen LogP contribution in [0.2, 0.25) is 0 Å². The SMILES string of the molecule is CCCC1CNC(N)CC1C(=O)NCc1ccc(C2NOC(C)N2)cc1. The molecule has 5 unspecified atom stereocenters. The average Bonchev–Trinajstić information content (AvgIpc) is 3.08. The van der Waals surface area contributed by atoms with Gasteiger partial charge in [-0.25, -0.2) is 0 Å². The lowest BCUT2D eigenvalue weighted by molar-refractivity contribution is -0.128. The number of hydroxylamine groups is 1. The third-order valence-corrected chi connectivity index (χ3v) is 5.26. The van der Waals surface area contributed by atoms with Crippen molar-refractivity contribution in [1.82, 2.24) is 21.4 Å². The molecular formula is C19H31N5O2. The number of carbonyl (C=O) groups excluding carboxylic acids is 1. The van der Waals surface area contributed by atoms with E-state index in [0.717, 1.165) is 30.5 Å². The molecule has 0 spiro atoms. The van der Waals surface area contributed by atoms with Crippen molar-refractivity contribution in [3.8, 4) is 0 Å². The summed E-state index contributed by atoms with van der Waals surface area (Å²) >= 11 is 0. The Balaban J connectivity index is 1.53. The van der Waals surface area contributed by atoms with E-state index in [1.54, 1.807) is 0 Å². The zero-order chi connectivity index (χ0) is 18.5. The second-order valence-electron chi connectivity index (χ2n) is 7.34. The van der Waals surface area contributed by atoms with Crippen LogP contribution in [0.4, 0.5) is 0 Å². The molecule has 7 nitrogen and oxygen atoms in total. The minimum atomic E-state index is -0.0887. The fourth-order valence-electron chi connectivity index (χ4n) is 3.77. The number of piperidine rings is 1. The van der Waals surface area contributed by atoms with Crippen LogP contribution >= 0.6 is 0 Å². The molecule has 6 N–H and O–H groups in total. The molecule has 2 fully saturated rings. The molecule has 2 aliphatic rings. The van der Waals surface area contributed by atoms with Crippen LogP contribution in [-0.4, -0.2) is 24.8 Å². The summed E-state index contributed by atoms with van der Waals surface area (Å²) in [4.78, 5) is 18.0. The molecule has 0 aliphatic carbocycles. The first-order chi connectivity index (χ1) is 12.6. The summed E-state index contributed by atoms with van der Waals surface area (Å²) < 4.78 is 0. The number of nitrogens with one attached hydrogen (secondary N) is 4. The minimum absolute atomic E-state index is 0.000306. The van der Waals surface area contributed by atoms with Crippen LogP contribution in [0.15, 0.2) is 24.3 Å². The zero-order valence-corrected chi connectivity index (χ0v) is 15.6. The molecule has 0 bridgehead atoms. The molecule has 0 radical (unpaired) electrons. The van der Waals surface area contributed by atoms with Crippen LogP contribution in [0.3, 0.4) is 0 Å². The van der Waals surface area contributed by atoms with Gasteiger partial charge in [-0.15, -0.1) is 0 Å². The maximum atomic E-state index is 12.7. The Morgan fingerprint density at radius 2 is 2.12 bits per heavy atom. The summed E-state index contributed by atoms with van der Waals surface area (Å²) in [7, 11) is 0. The Labute approximate surface area is 155 Å². The fraction of sp³-hybridized carbons (Fsp3) is 0.632. The lowest BCUT2D eigenvalue weighted by Gasteiger charge is -2.34. The Morgan fingerprint density at radius 1 is 1.35 bits per heavy atom. The van der Waals surface area contributed by atoms with Gasteiger partial charge in [0.05, 0.1) is 6.17 Å². The van der Waals surface area contributed by atoms with Crippen molar-refractivity contribution < 1.29 is 9.63 Å². The molecule has 3 rings (SSSR count). The van der Waals surface area contributed by atoms with Gasteiger partial charge in [-0.3, -0.25) is 14.9 Å². The molecule has 1 aromatic rings. The van der Waals surface area contributed by atoms with Crippen LogP contribution in [0, 0.1) is 11.8 Å². The molecule has 144 valence electrons. The summed E-state index contributed by atoms with van der Waals surface area (Å²) in [5.74, 6) is 0.477. The van der Waals surface area contributed by atoms with Gasteiger partial charge in [0.15, 0.2) is 0 Å². The van der Waals surface area contributed by atoms with Gasteiger partial charge in [0.25, 0.3) is 0 Å². The van der Waals surface area contributed by atoms with E-state index in [9.17, 15) is 4.79 Å². The molecule has 26 heavy (non-hydrogen) atoms. The van der Waals surface area contributed by atoms with Crippen LogP contribution in [-0.2, 0) is 16.2 Å². The first-order valence-corrected chi connectivity index (χ1v) is 9.59.